The Morgan fingerprint density at radius 2 is 2.00 bits per heavy atom. The van der Waals surface area contributed by atoms with E-state index < -0.39 is 0 Å². The fourth-order valence-corrected chi connectivity index (χ4v) is 4.17. The van der Waals surface area contributed by atoms with Gasteiger partial charge in [-0.2, -0.15) is 0 Å². The summed E-state index contributed by atoms with van der Waals surface area (Å²) in [7, 11) is 1.66. The number of methoxy groups -OCH3 is 1. The average Bonchev–Trinajstić information content (AvgIpc) is 2.96. The average molecular weight is 351 g/mol. The highest BCUT2D eigenvalue weighted by molar-refractivity contribution is 6.32. The van der Waals surface area contributed by atoms with Crippen LogP contribution in [0.15, 0.2) is 46.1 Å². The summed E-state index contributed by atoms with van der Waals surface area (Å²) in [6.07, 6.45) is 5.44. The molecule has 1 aliphatic carbocycles. The van der Waals surface area contributed by atoms with Crippen molar-refractivity contribution >= 4 is 17.2 Å². The second-order valence-electron chi connectivity index (χ2n) is 7.33. The molecule has 1 heterocycles. The van der Waals surface area contributed by atoms with Crippen LogP contribution in [-0.4, -0.2) is 13.0 Å². The van der Waals surface area contributed by atoms with Crippen LogP contribution in [0.3, 0.4) is 0 Å². The summed E-state index contributed by atoms with van der Waals surface area (Å²) < 4.78 is 5.37. The summed E-state index contributed by atoms with van der Waals surface area (Å²) in [5, 5.41) is 3.02. The summed E-state index contributed by atoms with van der Waals surface area (Å²) in [5.74, 6) is 0.793. The number of anilines is 1. The van der Waals surface area contributed by atoms with Gasteiger partial charge in [-0.15, -0.1) is 0 Å². The zero-order chi connectivity index (χ0) is 18.8. The van der Waals surface area contributed by atoms with Gasteiger partial charge in [-0.1, -0.05) is 18.9 Å². The number of hydrogen-bond acceptors (Lipinski definition) is 2. The van der Waals surface area contributed by atoms with Crippen molar-refractivity contribution in [3.8, 4) is 5.75 Å². The second kappa shape index (κ2) is 7.53. The maximum Gasteiger partial charge on any atom is 0.256 e. The molecule has 3 rings (SSSR count). The Labute approximate surface area is 156 Å². The van der Waals surface area contributed by atoms with Gasteiger partial charge in [0.05, 0.1) is 12.7 Å². The number of benzene rings is 1. The lowest BCUT2D eigenvalue weighted by atomic mass is 9.80. The number of carbonyl (C=O) groups is 1. The van der Waals surface area contributed by atoms with E-state index in [2.05, 4.69) is 33.0 Å². The molecule has 0 bridgehead atoms. The van der Waals surface area contributed by atoms with Gasteiger partial charge in [-0.05, 0) is 86.9 Å². The molecule has 3 nitrogen and oxygen atoms in total. The molecule has 26 heavy (non-hydrogen) atoms. The van der Waals surface area contributed by atoms with Crippen LogP contribution in [-0.2, 0) is 4.79 Å². The van der Waals surface area contributed by atoms with Gasteiger partial charge in [-0.25, -0.2) is 0 Å². The lowest BCUT2D eigenvalue weighted by molar-refractivity contribution is -0.110. The molecule has 2 aliphatic rings. The first-order valence-corrected chi connectivity index (χ1v) is 9.57. The Morgan fingerprint density at radius 1 is 1.23 bits per heavy atom. The highest BCUT2D eigenvalue weighted by Gasteiger charge is 2.30. The quantitative estimate of drug-likeness (QED) is 0.672. The molecule has 138 valence electrons. The lowest BCUT2D eigenvalue weighted by Gasteiger charge is -2.24. The van der Waals surface area contributed by atoms with Crippen LogP contribution in [0.25, 0.3) is 5.57 Å². The first-order chi connectivity index (χ1) is 12.5. The number of allylic oxidation sites excluding steroid dienone is 5. The van der Waals surface area contributed by atoms with Crippen molar-refractivity contribution in [2.24, 2.45) is 0 Å². The van der Waals surface area contributed by atoms with Gasteiger partial charge in [0.2, 0.25) is 0 Å². The Morgan fingerprint density at radius 3 is 2.69 bits per heavy atom. The molecular formula is C23H29NO2. The van der Waals surface area contributed by atoms with Crippen LogP contribution in [0.1, 0.15) is 65.4 Å². The summed E-state index contributed by atoms with van der Waals surface area (Å²) in [6.45, 7) is 8.89. The lowest BCUT2D eigenvalue weighted by Crippen LogP contribution is -2.10. The number of rotatable bonds is 4. The van der Waals surface area contributed by atoms with Crippen molar-refractivity contribution in [2.75, 3.05) is 12.4 Å². The largest absolute Gasteiger partial charge is 0.497 e. The highest BCUT2D eigenvalue weighted by Crippen LogP contribution is 2.43. The summed E-state index contributed by atoms with van der Waals surface area (Å²) >= 11 is 0. The van der Waals surface area contributed by atoms with Gasteiger partial charge in [-0.3, -0.25) is 4.79 Å². The molecule has 0 unspecified atom stereocenters. The molecule has 1 aromatic rings. The fourth-order valence-electron chi connectivity index (χ4n) is 4.17. The number of amides is 1. The maximum absolute atomic E-state index is 12.7. The van der Waals surface area contributed by atoms with Crippen molar-refractivity contribution in [1.29, 1.82) is 0 Å². The normalized spacial score (nSPS) is 20.7. The van der Waals surface area contributed by atoms with E-state index in [0.717, 1.165) is 48.3 Å². The predicted octanol–water partition coefficient (Wildman–Crippen LogP) is 6.04. The minimum atomic E-state index is 0.00997. The van der Waals surface area contributed by atoms with Crippen LogP contribution < -0.4 is 10.1 Å². The van der Waals surface area contributed by atoms with Gasteiger partial charge in [0.1, 0.15) is 5.75 Å². The van der Waals surface area contributed by atoms with E-state index in [1.54, 1.807) is 7.11 Å². The minimum absolute atomic E-state index is 0.00997. The monoisotopic (exact) mass is 351 g/mol. The molecular weight excluding hydrogens is 322 g/mol. The van der Waals surface area contributed by atoms with E-state index in [1.165, 1.54) is 34.3 Å². The van der Waals surface area contributed by atoms with E-state index in [4.69, 9.17) is 4.74 Å². The van der Waals surface area contributed by atoms with Crippen LogP contribution in [0.5, 0.6) is 5.75 Å². The van der Waals surface area contributed by atoms with Gasteiger partial charge >= 0.3 is 0 Å². The topological polar surface area (TPSA) is 38.3 Å². The van der Waals surface area contributed by atoms with Crippen molar-refractivity contribution in [1.82, 2.24) is 0 Å². The predicted molar refractivity (Wildman–Crippen MR) is 108 cm³/mol. The van der Waals surface area contributed by atoms with Crippen LogP contribution in [0.2, 0.25) is 0 Å². The SMILES string of the molecule is CCC/C(C)=C(/C)C1=C(C)/C(=C2\C(=O)Nc3ccc(OC)cc32)CCC1. The van der Waals surface area contributed by atoms with E-state index in [-0.39, 0.29) is 5.91 Å². The van der Waals surface area contributed by atoms with Crippen LogP contribution in [0.4, 0.5) is 5.69 Å². The number of nitrogens with one attached hydrogen (secondary N) is 1. The molecule has 3 heteroatoms. The number of carbonyl (C=O) groups excluding carboxylic acids is 1. The molecule has 0 saturated heterocycles. The Hall–Kier alpha value is -2.29. The van der Waals surface area contributed by atoms with Crippen molar-refractivity contribution in [3.05, 3.63) is 51.6 Å². The molecule has 0 fully saturated rings. The third-order valence-corrected chi connectivity index (χ3v) is 5.75. The van der Waals surface area contributed by atoms with Gasteiger partial charge < -0.3 is 10.1 Å². The van der Waals surface area contributed by atoms with Crippen LogP contribution in [0, 0.1) is 0 Å². The summed E-state index contributed by atoms with van der Waals surface area (Å²) in [6, 6.07) is 5.80. The molecule has 1 N–H and O–H groups in total. The first-order valence-electron chi connectivity index (χ1n) is 9.57. The second-order valence-corrected chi connectivity index (χ2v) is 7.33. The number of fused-ring (bicyclic) bond motifs is 1. The summed E-state index contributed by atoms with van der Waals surface area (Å²) in [4.78, 5) is 12.7. The Bertz CT molecular complexity index is 840. The smallest absolute Gasteiger partial charge is 0.256 e. The molecule has 0 saturated carbocycles. The zero-order valence-corrected chi connectivity index (χ0v) is 16.6. The third kappa shape index (κ3) is 3.23. The number of hydrogen-bond donors (Lipinski definition) is 1. The standard InChI is InChI=1S/C23H29NO2/c1-6-8-14(2)15(3)18-9-7-10-19(16(18)4)22-20-13-17(26-5)11-12-21(20)24-23(22)25/h11-13H,6-10H2,1-5H3,(H,24,25)/b15-14-,22-19-. The van der Waals surface area contributed by atoms with Crippen LogP contribution >= 0.6 is 0 Å². The third-order valence-electron chi connectivity index (χ3n) is 5.75. The molecule has 0 spiro atoms. The Balaban J connectivity index is 2.16. The van der Waals surface area contributed by atoms with E-state index >= 15 is 0 Å². The maximum atomic E-state index is 12.7. The zero-order valence-electron chi connectivity index (χ0n) is 16.6. The van der Waals surface area contributed by atoms with Gasteiger partial charge in [0, 0.05) is 11.3 Å². The molecule has 1 aromatic carbocycles. The van der Waals surface area contributed by atoms with Crippen molar-refractivity contribution < 1.29 is 9.53 Å². The fraction of sp³-hybridized carbons (Fsp3) is 0.435. The van der Waals surface area contributed by atoms with E-state index in [1.807, 2.05) is 18.2 Å². The Kier molecular flexibility index (Phi) is 5.36. The molecule has 0 aromatic heterocycles. The molecule has 1 amide bonds. The molecule has 0 atom stereocenters. The van der Waals surface area contributed by atoms with E-state index in [9.17, 15) is 4.79 Å². The first kappa shape index (κ1) is 18.5. The molecule has 0 radical (unpaired) electrons. The summed E-state index contributed by atoms with van der Waals surface area (Å²) in [5.41, 5.74) is 9.45. The number of ether oxygens (including phenoxy) is 1. The highest BCUT2D eigenvalue weighted by atomic mass is 16.5. The van der Waals surface area contributed by atoms with Gasteiger partial charge in [0.15, 0.2) is 0 Å². The van der Waals surface area contributed by atoms with Crippen molar-refractivity contribution in [2.45, 2.75) is 59.8 Å². The van der Waals surface area contributed by atoms with E-state index in [0.29, 0.717) is 0 Å². The molecule has 1 aliphatic heterocycles. The van der Waals surface area contributed by atoms with Gasteiger partial charge in [0.25, 0.3) is 5.91 Å². The minimum Gasteiger partial charge on any atom is -0.497 e. The van der Waals surface area contributed by atoms with Crippen molar-refractivity contribution in [3.63, 3.8) is 0 Å².